The molecule has 0 saturated carbocycles. The molecule has 1 N–H and O–H groups in total. The highest BCUT2D eigenvalue weighted by molar-refractivity contribution is 5.75. The topological polar surface area (TPSA) is 32.3 Å². The second-order valence-electron chi connectivity index (χ2n) is 5.40. The fourth-order valence-corrected chi connectivity index (χ4v) is 2.16. The van der Waals surface area contributed by atoms with Crippen LogP contribution in [0.3, 0.4) is 0 Å². The maximum Gasteiger partial charge on any atom is 0.222 e. The van der Waals surface area contributed by atoms with Gasteiger partial charge in [0.05, 0.1) is 0 Å². The van der Waals surface area contributed by atoms with Crippen molar-refractivity contribution in [3.8, 4) is 0 Å². The Morgan fingerprint density at radius 3 is 2.56 bits per heavy atom. The monoisotopic (exact) mass is 226 g/mol. The van der Waals surface area contributed by atoms with E-state index in [1.165, 1.54) is 12.8 Å². The highest BCUT2D eigenvalue weighted by Gasteiger charge is 2.17. The van der Waals surface area contributed by atoms with Crippen molar-refractivity contribution in [3.63, 3.8) is 0 Å². The number of hydrogen-bond acceptors (Lipinski definition) is 2. The van der Waals surface area contributed by atoms with E-state index in [0.717, 1.165) is 26.1 Å². The third-order valence-electron chi connectivity index (χ3n) is 3.35. The van der Waals surface area contributed by atoms with Gasteiger partial charge in [0.1, 0.15) is 0 Å². The van der Waals surface area contributed by atoms with E-state index in [1.54, 1.807) is 0 Å². The number of hydrogen-bond donors (Lipinski definition) is 1. The van der Waals surface area contributed by atoms with Gasteiger partial charge in [0.25, 0.3) is 0 Å². The number of nitrogens with zero attached hydrogens (tertiary/aromatic N) is 1. The van der Waals surface area contributed by atoms with Crippen molar-refractivity contribution >= 4 is 5.91 Å². The largest absolute Gasteiger partial charge is 0.345 e. The Balaban J connectivity index is 2.21. The molecule has 1 heterocycles. The molecule has 3 heteroatoms. The third kappa shape index (κ3) is 4.97. The van der Waals surface area contributed by atoms with Crippen molar-refractivity contribution in [2.75, 3.05) is 26.7 Å². The number of carbonyl (C=O) groups excluding carboxylic acids is 1. The predicted molar refractivity (Wildman–Crippen MR) is 67.3 cm³/mol. The lowest BCUT2D eigenvalue weighted by molar-refractivity contribution is -0.130. The standard InChI is InChI=1S/C13H26N2O/c1-11(2)4-5-13(16)15(3)10-12-6-8-14-9-7-12/h11-12,14H,4-10H2,1-3H3. The molecule has 1 amide bonds. The van der Waals surface area contributed by atoms with Gasteiger partial charge in [-0.1, -0.05) is 13.8 Å². The van der Waals surface area contributed by atoms with Gasteiger partial charge in [-0.2, -0.15) is 0 Å². The fraction of sp³-hybridized carbons (Fsp3) is 0.923. The maximum absolute atomic E-state index is 11.8. The van der Waals surface area contributed by atoms with Crippen LogP contribution in [0.1, 0.15) is 39.5 Å². The summed E-state index contributed by atoms with van der Waals surface area (Å²) in [4.78, 5) is 13.8. The van der Waals surface area contributed by atoms with Crippen LogP contribution in [0.4, 0.5) is 0 Å². The van der Waals surface area contributed by atoms with Crippen molar-refractivity contribution in [2.45, 2.75) is 39.5 Å². The minimum atomic E-state index is 0.312. The molecule has 94 valence electrons. The second kappa shape index (κ2) is 6.89. The van der Waals surface area contributed by atoms with Crippen molar-refractivity contribution in [3.05, 3.63) is 0 Å². The Bertz CT molecular complexity index is 210. The lowest BCUT2D eigenvalue weighted by Crippen LogP contribution is -2.37. The van der Waals surface area contributed by atoms with E-state index in [2.05, 4.69) is 19.2 Å². The van der Waals surface area contributed by atoms with Crippen molar-refractivity contribution in [1.29, 1.82) is 0 Å². The van der Waals surface area contributed by atoms with Crippen LogP contribution in [0.5, 0.6) is 0 Å². The Kier molecular flexibility index (Phi) is 5.81. The molecule has 0 radical (unpaired) electrons. The fourth-order valence-electron chi connectivity index (χ4n) is 2.16. The molecular formula is C13H26N2O. The van der Waals surface area contributed by atoms with E-state index in [-0.39, 0.29) is 0 Å². The Morgan fingerprint density at radius 2 is 2.00 bits per heavy atom. The van der Waals surface area contributed by atoms with Crippen LogP contribution in [0.15, 0.2) is 0 Å². The summed E-state index contributed by atoms with van der Waals surface area (Å²) in [6.45, 7) is 7.50. The van der Waals surface area contributed by atoms with Gasteiger partial charge in [0, 0.05) is 20.0 Å². The molecule has 16 heavy (non-hydrogen) atoms. The summed E-state index contributed by atoms with van der Waals surface area (Å²) in [5.41, 5.74) is 0. The number of carbonyl (C=O) groups is 1. The normalized spacial score (nSPS) is 17.8. The minimum Gasteiger partial charge on any atom is -0.345 e. The Labute approximate surface area is 99.6 Å². The predicted octanol–water partition coefficient (Wildman–Crippen LogP) is 1.88. The molecule has 3 nitrogen and oxygen atoms in total. The average Bonchev–Trinajstić information content (AvgIpc) is 2.27. The first-order valence-corrected chi connectivity index (χ1v) is 6.54. The molecule has 0 atom stereocenters. The van der Waals surface area contributed by atoms with Crippen molar-refractivity contribution in [1.82, 2.24) is 10.2 Å². The smallest absolute Gasteiger partial charge is 0.222 e. The molecule has 1 saturated heterocycles. The second-order valence-corrected chi connectivity index (χ2v) is 5.40. The Hall–Kier alpha value is -0.570. The Morgan fingerprint density at radius 1 is 1.38 bits per heavy atom. The number of amides is 1. The van der Waals surface area contributed by atoms with Gasteiger partial charge in [0.15, 0.2) is 0 Å². The summed E-state index contributed by atoms with van der Waals surface area (Å²) >= 11 is 0. The van der Waals surface area contributed by atoms with Gasteiger partial charge in [-0.05, 0) is 44.2 Å². The first kappa shape index (κ1) is 13.5. The molecule has 1 aliphatic heterocycles. The summed E-state index contributed by atoms with van der Waals surface area (Å²) in [6, 6.07) is 0. The van der Waals surface area contributed by atoms with Gasteiger partial charge in [-0.25, -0.2) is 0 Å². The zero-order chi connectivity index (χ0) is 12.0. The average molecular weight is 226 g/mol. The molecule has 0 unspecified atom stereocenters. The summed E-state index contributed by atoms with van der Waals surface area (Å²) < 4.78 is 0. The molecule has 1 rings (SSSR count). The van der Waals surface area contributed by atoms with E-state index in [4.69, 9.17) is 0 Å². The SMILES string of the molecule is CC(C)CCC(=O)N(C)CC1CCNCC1. The zero-order valence-electron chi connectivity index (χ0n) is 11.0. The van der Waals surface area contributed by atoms with Crippen LogP contribution in [-0.2, 0) is 4.79 Å². The van der Waals surface area contributed by atoms with Crippen LogP contribution in [0.2, 0.25) is 0 Å². The van der Waals surface area contributed by atoms with Gasteiger partial charge in [0.2, 0.25) is 5.91 Å². The van der Waals surface area contributed by atoms with Gasteiger partial charge in [-0.3, -0.25) is 4.79 Å². The van der Waals surface area contributed by atoms with Crippen LogP contribution >= 0.6 is 0 Å². The molecule has 1 fully saturated rings. The molecule has 1 aliphatic rings. The maximum atomic E-state index is 11.8. The highest BCUT2D eigenvalue weighted by atomic mass is 16.2. The number of rotatable bonds is 5. The zero-order valence-corrected chi connectivity index (χ0v) is 11.0. The summed E-state index contributed by atoms with van der Waals surface area (Å²) in [6.07, 6.45) is 4.14. The number of piperidine rings is 1. The van der Waals surface area contributed by atoms with E-state index in [1.807, 2.05) is 11.9 Å². The van der Waals surface area contributed by atoms with Gasteiger partial charge < -0.3 is 10.2 Å². The summed E-state index contributed by atoms with van der Waals surface area (Å²) in [5, 5.41) is 3.35. The van der Waals surface area contributed by atoms with Gasteiger partial charge >= 0.3 is 0 Å². The van der Waals surface area contributed by atoms with E-state index >= 15 is 0 Å². The van der Waals surface area contributed by atoms with E-state index < -0.39 is 0 Å². The van der Waals surface area contributed by atoms with E-state index in [0.29, 0.717) is 24.2 Å². The lowest BCUT2D eigenvalue weighted by Gasteiger charge is -2.27. The third-order valence-corrected chi connectivity index (χ3v) is 3.35. The summed E-state index contributed by atoms with van der Waals surface area (Å²) in [5.74, 6) is 1.64. The summed E-state index contributed by atoms with van der Waals surface area (Å²) in [7, 11) is 1.95. The van der Waals surface area contributed by atoms with Crippen LogP contribution < -0.4 is 5.32 Å². The lowest BCUT2D eigenvalue weighted by atomic mass is 9.97. The molecule has 0 bridgehead atoms. The molecule has 0 spiro atoms. The molecule has 0 aliphatic carbocycles. The number of nitrogens with one attached hydrogen (secondary N) is 1. The van der Waals surface area contributed by atoms with Crippen LogP contribution in [0.25, 0.3) is 0 Å². The minimum absolute atomic E-state index is 0.312. The molecular weight excluding hydrogens is 200 g/mol. The van der Waals surface area contributed by atoms with Gasteiger partial charge in [-0.15, -0.1) is 0 Å². The quantitative estimate of drug-likeness (QED) is 0.776. The van der Waals surface area contributed by atoms with Crippen LogP contribution in [-0.4, -0.2) is 37.5 Å². The molecule has 0 aromatic rings. The molecule has 0 aromatic heterocycles. The highest BCUT2D eigenvalue weighted by Crippen LogP contribution is 2.14. The molecule has 0 aromatic carbocycles. The first-order valence-electron chi connectivity index (χ1n) is 6.54. The van der Waals surface area contributed by atoms with Crippen LogP contribution in [0, 0.1) is 11.8 Å². The first-order chi connectivity index (χ1) is 7.59. The van der Waals surface area contributed by atoms with Crippen molar-refractivity contribution < 1.29 is 4.79 Å². The van der Waals surface area contributed by atoms with E-state index in [9.17, 15) is 4.79 Å². The van der Waals surface area contributed by atoms with Crippen molar-refractivity contribution in [2.24, 2.45) is 11.8 Å².